The van der Waals surface area contributed by atoms with E-state index in [1.807, 2.05) is 0 Å². The summed E-state index contributed by atoms with van der Waals surface area (Å²) in [6, 6.07) is 0. The highest BCUT2D eigenvalue weighted by atomic mass is 79.9. The van der Waals surface area contributed by atoms with Crippen molar-refractivity contribution in [3.05, 3.63) is 0 Å². The number of hydrogen-bond acceptors (Lipinski definition) is 1. The van der Waals surface area contributed by atoms with E-state index in [2.05, 4.69) is 34.9 Å². The molecule has 0 rings (SSSR count). The normalized spacial score (nSPS) is 11.4. The van der Waals surface area contributed by atoms with Gasteiger partial charge in [-0.25, -0.2) is 0 Å². The largest absolute Gasteiger partial charge is 0.309 e. The van der Waals surface area contributed by atoms with Crippen LogP contribution >= 0.6 is 15.9 Å². The molecule has 1 nitrogen and oxygen atoms in total. The zero-order valence-electron chi connectivity index (χ0n) is 14.8. The second-order valence-corrected chi connectivity index (χ2v) is 7.59. The molecule has 0 aliphatic carbocycles. The fourth-order valence-electron chi connectivity index (χ4n) is 2.82. The lowest BCUT2D eigenvalue weighted by molar-refractivity contribution is 0.389. The summed E-state index contributed by atoms with van der Waals surface area (Å²) in [6.07, 6.45) is 21.7. The van der Waals surface area contributed by atoms with Crippen LogP contribution in [0, 0.1) is 0 Å². The SMILES string of the molecule is CN(C)CCCCCCCCCCCCCCCCCBr. The quantitative estimate of drug-likeness (QED) is 0.203. The van der Waals surface area contributed by atoms with Crippen molar-refractivity contribution in [2.75, 3.05) is 26.0 Å². The summed E-state index contributed by atoms with van der Waals surface area (Å²) < 4.78 is 0. The fraction of sp³-hybridized carbons (Fsp3) is 1.00. The number of halogens is 1. The minimum absolute atomic E-state index is 1.18. The van der Waals surface area contributed by atoms with Gasteiger partial charge in [0.05, 0.1) is 0 Å². The second-order valence-electron chi connectivity index (χ2n) is 6.80. The summed E-state index contributed by atoms with van der Waals surface area (Å²) in [5.41, 5.74) is 0. The molecule has 0 fully saturated rings. The number of hydrogen-bond donors (Lipinski definition) is 0. The Bertz CT molecular complexity index is 182. The Morgan fingerprint density at radius 2 is 0.762 bits per heavy atom. The minimum Gasteiger partial charge on any atom is -0.309 e. The Hall–Kier alpha value is 0.440. The maximum Gasteiger partial charge on any atom is 0.00313 e. The zero-order chi connectivity index (χ0) is 15.6. The molecule has 21 heavy (non-hydrogen) atoms. The Balaban J connectivity index is 2.93. The van der Waals surface area contributed by atoms with E-state index in [-0.39, 0.29) is 0 Å². The molecule has 128 valence electrons. The van der Waals surface area contributed by atoms with Crippen molar-refractivity contribution in [1.29, 1.82) is 0 Å². The van der Waals surface area contributed by atoms with Gasteiger partial charge in [0.1, 0.15) is 0 Å². The standard InChI is InChI=1S/C19H40BrN/c1-21(2)19-17-15-13-11-9-7-5-3-4-6-8-10-12-14-16-18-20/h3-19H2,1-2H3. The number of rotatable bonds is 17. The van der Waals surface area contributed by atoms with E-state index in [0.29, 0.717) is 0 Å². The Labute approximate surface area is 143 Å². The fourth-order valence-corrected chi connectivity index (χ4v) is 3.22. The van der Waals surface area contributed by atoms with E-state index in [9.17, 15) is 0 Å². The molecule has 2 heteroatoms. The molecule has 0 aromatic carbocycles. The Morgan fingerprint density at radius 3 is 1.05 bits per heavy atom. The average Bonchev–Trinajstić information content (AvgIpc) is 2.46. The first-order valence-electron chi connectivity index (χ1n) is 9.48. The van der Waals surface area contributed by atoms with Gasteiger partial charge in [-0.2, -0.15) is 0 Å². The van der Waals surface area contributed by atoms with Gasteiger partial charge >= 0.3 is 0 Å². The first-order chi connectivity index (χ1) is 10.3. The zero-order valence-corrected chi connectivity index (χ0v) is 16.4. The highest BCUT2D eigenvalue weighted by molar-refractivity contribution is 9.09. The molecule has 0 bridgehead atoms. The summed E-state index contributed by atoms with van der Waals surface area (Å²) in [5.74, 6) is 0. The van der Waals surface area contributed by atoms with Gasteiger partial charge in [0.15, 0.2) is 0 Å². The van der Waals surface area contributed by atoms with Crippen LogP contribution in [0.3, 0.4) is 0 Å². The number of alkyl halides is 1. The summed E-state index contributed by atoms with van der Waals surface area (Å²) >= 11 is 3.49. The topological polar surface area (TPSA) is 3.24 Å². The third-order valence-corrected chi connectivity index (χ3v) is 4.80. The molecule has 0 saturated heterocycles. The molecule has 0 unspecified atom stereocenters. The maximum atomic E-state index is 3.49. The van der Waals surface area contributed by atoms with E-state index >= 15 is 0 Å². The van der Waals surface area contributed by atoms with Crippen molar-refractivity contribution < 1.29 is 0 Å². The van der Waals surface area contributed by atoms with Crippen LogP contribution in [-0.2, 0) is 0 Å². The van der Waals surface area contributed by atoms with Gasteiger partial charge in [-0.05, 0) is 33.5 Å². The lowest BCUT2D eigenvalue weighted by Crippen LogP contribution is -2.12. The predicted molar refractivity (Wildman–Crippen MR) is 102 cm³/mol. The van der Waals surface area contributed by atoms with Crippen LogP contribution in [0.2, 0.25) is 0 Å². The lowest BCUT2D eigenvalue weighted by Gasteiger charge is -2.08. The number of unbranched alkanes of at least 4 members (excludes halogenated alkanes) is 14. The van der Waals surface area contributed by atoms with E-state index < -0.39 is 0 Å². The van der Waals surface area contributed by atoms with Gasteiger partial charge in [-0.15, -0.1) is 0 Å². The Kier molecular flexibility index (Phi) is 18.9. The summed E-state index contributed by atoms with van der Waals surface area (Å²) in [4.78, 5) is 2.29. The molecular formula is C19H40BrN. The molecular weight excluding hydrogens is 322 g/mol. The maximum absolute atomic E-state index is 3.49. The van der Waals surface area contributed by atoms with Crippen LogP contribution in [-0.4, -0.2) is 30.9 Å². The van der Waals surface area contributed by atoms with E-state index in [0.717, 1.165) is 0 Å². The molecule has 0 aliphatic rings. The molecule has 0 N–H and O–H groups in total. The van der Waals surface area contributed by atoms with Crippen LogP contribution in [0.25, 0.3) is 0 Å². The molecule has 0 radical (unpaired) electrons. The summed E-state index contributed by atoms with van der Waals surface area (Å²) in [6.45, 7) is 1.26. The van der Waals surface area contributed by atoms with Crippen LogP contribution in [0.1, 0.15) is 96.3 Å². The minimum atomic E-state index is 1.18. The van der Waals surface area contributed by atoms with Crippen molar-refractivity contribution in [2.45, 2.75) is 96.3 Å². The first-order valence-corrected chi connectivity index (χ1v) is 10.6. The Morgan fingerprint density at radius 1 is 0.476 bits per heavy atom. The second kappa shape index (κ2) is 18.5. The van der Waals surface area contributed by atoms with Gasteiger partial charge in [-0.1, -0.05) is 99.4 Å². The lowest BCUT2D eigenvalue weighted by atomic mass is 10.0. The van der Waals surface area contributed by atoms with Gasteiger partial charge in [-0.3, -0.25) is 0 Å². The van der Waals surface area contributed by atoms with E-state index in [4.69, 9.17) is 0 Å². The molecule has 0 spiro atoms. The highest BCUT2D eigenvalue weighted by Crippen LogP contribution is 2.13. The smallest absolute Gasteiger partial charge is 0.00313 e. The summed E-state index contributed by atoms with van der Waals surface area (Å²) in [7, 11) is 4.34. The summed E-state index contributed by atoms with van der Waals surface area (Å²) in [5, 5.41) is 1.18. The third-order valence-electron chi connectivity index (χ3n) is 4.24. The average molecular weight is 362 g/mol. The van der Waals surface area contributed by atoms with Crippen molar-refractivity contribution in [1.82, 2.24) is 4.90 Å². The van der Waals surface area contributed by atoms with E-state index in [1.165, 1.54) is 108 Å². The van der Waals surface area contributed by atoms with Crippen LogP contribution in [0.4, 0.5) is 0 Å². The van der Waals surface area contributed by atoms with Crippen molar-refractivity contribution >= 4 is 15.9 Å². The van der Waals surface area contributed by atoms with Crippen LogP contribution in [0.15, 0.2) is 0 Å². The monoisotopic (exact) mass is 361 g/mol. The predicted octanol–water partition coefficient (Wildman–Crippen LogP) is 6.79. The first kappa shape index (κ1) is 21.4. The third kappa shape index (κ3) is 20.4. The molecule has 0 aliphatic heterocycles. The van der Waals surface area contributed by atoms with Crippen molar-refractivity contribution in [3.8, 4) is 0 Å². The van der Waals surface area contributed by atoms with Crippen molar-refractivity contribution in [2.24, 2.45) is 0 Å². The van der Waals surface area contributed by atoms with Gasteiger partial charge in [0, 0.05) is 5.33 Å². The van der Waals surface area contributed by atoms with Crippen LogP contribution < -0.4 is 0 Å². The van der Waals surface area contributed by atoms with Gasteiger partial charge in [0.2, 0.25) is 0 Å². The molecule has 0 atom stereocenters. The molecule has 0 amide bonds. The highest BCUT2D eigenvalue weighted by Gasteiger charge is 1.95. The number of nitrogens with zero attached hydrogens (tertiary/aromatic N) is 1. The van der Waals surface area contributed by atoms with Crippen molar-refractivity contribution in [3.63, 3.8) is 0 Å². The molecule has 0 saturated carbocycles. The van der Waals surface area contributed by atoms with Gasteiger partial charge < -0.3 is 4.90 Å². The molecule has 0 aromatic rings. The van der Waals surface area contributed by atoms with E-state index in [1.54, 1.807) is 0 Å². The van der Waals surface area contributed by atoms with Gasteiger partial charge in [0.25, 0.3) is 0 Å². The molecule has 0 heterocycles. The molecule has 0 aromatic heterocycles. The van der Waals surface area contributed by atoms with Crippen LogP contribution in [0.5, 0.6) is 0 Å².